The van der Waals surface area contributed by atoms with Gasteiger partial charge in [0.05, 0.1) is 11.8 Å². The molecule has 2 N–H and O–H groups in total. The molecule has 0 saturated carbocycles. The zero-order valence-corrected chi connectivity index (χ0v) is 11.2. The summed E-state index contributed by atoms with van der Waals surface area (Å²) < 4.78 is 5.52. The molecule has 5 heteroatoms. The van der Waals surface area contributed by atoms with Crippen LogP contribution in [0.2, 0.25) is 0 Å². The van der Waals surface area contributed by atoms with Crippen LogP contribution in [-0.4, -0.2) is 35.9 Å². The Hall–Kier alpha value is -1.59. The van der Waals surface area contributed by atoms with Gasteiger partial charge >= 0.3 is 0 Å². The lowest BCUT2D eigenvalue weighted by Gasteiger charge is -2.31. The Kier molecular flexibility index (Phi) is 4.07. The first kappa shape index (κ1) is 13.8. The lowest BCUT2D eigenvalue weighted by Crippen LogP contribution is -2.42. The third kappa shape index (κ3) is 2.72. The molecule has 1 heterocycles. The van der Waals surface area contributed by atoms with Crippen LogP contribution >= 0.6 is 0 Å². The summed E-state index contributed by atoms with van der Waals surface area (Å²) in [5, 5.41) is 18.8. The predicted molar refractivity (Wildman–Crippen MR) is 71.2 cm³/mol. The van der Waals surface area contributed by atoms with Crippen molar-refractivity contribution >= 4 is 11.6 Å². The number of benzene rings is 1. The second-order valence-corrected chi connectivity index (χ2v) is 4.77. The second-order valence-electron chi connectivity index (χ2n) is 4.77. The number of fused-ring (bicyclic) bond motifs is 1. The maximum absolute atomic E-state index is 11.8. The fourth-order valence-corrected chi connectivity index (χ4v) is 2.19. The minimum atomic E-state index is -0.639. The molecule has 2 unspecified atom stereocenters. The maximum Gasteiger partial charge on any atom is 0.267 e. The van der Waals surface area contributed by atoms with Gasteiger partial charge in [0.1, 0.15) is 5.75 Å². The number of hydrogen-bond acceptors (Lipinski definition) is 4. The number of hydrogen-bond donors (Lipinski definition) is 2. The molecule has 1 aromatic rings. The molecule has 5 nitrogen and oxygen atoms in total. The molecule has 0 saturated heterocycles. The van der Waals surface area contributed by atoms with Gasteiger partial charge in [-0.05, 0) is 37.5 Å². The Morgan fingerprint density at radius 3 is 2.89 bits per heavy atom. The minimum Gasteiger partial charge on any atom is -0.479 e. The first-order chi connectivity index (χ1) is 9.04. The fraction of sp³-hybridized carbons (Fsp3) is 0.500. The number of nitrogens with zero attached hydrogens (tertiary/aromatic N) is 1. The van der Waals surface area contributed by atoms with E-state index in [1.807, 2.05) is 0 Å². The van der Waals surface area contributed by atoms with Crippen molar-refractivity contribution in [3.63, 3.8) is 0 Å². The molecule has 2 rings (SSSR count). The largest absolute Gasteiger partial charge is 0.479 e. The van der Waals surface area contributed by atoms with E-state index in [2.05, 4.69) is 0 Å². The second kappa shape index (κ2) is 5.59. The number of carbonyl (C=O) groups is 1. The van der Waals surface area contributed by atoms with Crippen LogP contribution in [0.25, 0.3) is 0 Å². The highest BCUT2D eigenvalue weighted by Crippen LogP contribution is 2.35. The summed E-state index contributed by atoms with van der Waals surface area (Å²) in [4.78, 5) is 13.4. The fourth-order valence-electron chi connectivity index (χ4n) is 2.19. The number of anilines is 1. The number of amides is 1. The molecule has 0 bridgehead atoms. The van der Waals surface area contributed by atoms with E-state index in [9.17, 15) is 9.90 Å². The van der Waals surface area contributed by atoms with Crippen LogP contribution in [0, 0.1) is 0 Å². The van der Waals surface area contributed by atoms with E-state index in [-0.39, 0.29) is 12.5 Å². The average Bonchev–Trinajstić information content (AvgIpc) is 2.42. The van der Waals surface area contributed by atoms with E-state index in [4.69, 9.17) is 9.84 Å². The summed E-state index contributed by atoms with van der Waals surface area (Å²) in [5.74, 6) is 0.544. The molecule has 1 aliphatic rings. The zero-order chi connectivity index (χ0) is 14.0. The number of carbonyl (C=O) groups excluding carboxylic acids is 1. The lowest BCUT2D eigenvalue weighted by atomic mass is 10.0. The van der Waals surface area contributed by atoms with Crippen LogP contribution < -0.4 is 9.64 Å². The molecule has 1 amide bonds. The number of likely N-dealkylation sites (N-methyl/N-ethyl adjacent to an activating group) is 1. The molecule has 1 aromatic carbocycles. The Labute approximate surface area is 112 Å². The Balaban J connectivity index is 2.26. The first-order valence-electron chi connectivity index (χ1n) is 6.41. The Bertz CT molecular complexity index is 475. The highest BCUT2D eigenvalue weighted by atomic mass is 16.5. The quantitative estimate of drug-likeness (QED) is 0.859. The van der Waals surface area contributed by atoms with Crippen LogP contribution in [0.1, 0.15) is 31.4 Å². The van der Waals surface area contributed by atoms with E-state index in [0.29, 0.717) is 24.3 Å². The van der Waals surface area contributed by atoms with Gasteiger partial charge in [0, 0.05) is 13.7 Å². The van der Waals surface area contributed by atoms with Crippen molar-refractivity contribution in [2.24, 2.45) is 0 Å². The lowest BCUT2D eigenvalue weighted by molar-refractivity contribution is -0.125. The van der Waals surface area contributed by atoms with Gasteiger partial charge in [0.15, 0.2) is 6.10 Å². The number of aliphatic hydroxyl groups is 2. The summed E-state index contributed by atoms with van der Waals surface area (Å²) >= 11 is 0. The SMILES string of the molecule is CC1Oc2ccc(C(O)CCCO)cc2N(C)C1=O. The van der Waals surface area contributed by atoms with Crippen LogP contribution in [0.5, 0.6) is 5.75 Å². The van der Waals surface area contributed by atoms with Gasteiger partial charge in [-0.1, -0.05) is 6.07 Å². The van der Waals surface area contributed by atoms with Crippen LogP contribution in [0.15, 0.2) is 18.2 Å². The van der Waals surface area contributed by atoms with Gasteiger partial charge in [0.2, 0.25) is 0 Å². The Morgan fingerprint density at radius 1 is 1.47 bits per heavy atom. The van der Waals surface area contributed by atoms with Crippen molar-refractivity contribution in [2.45, 2.75) is 32.0 Å². The highest BCUT2D eigenvalue weighted by Gasteiger charge is 2.29. The van der Waals surface area contributed by atoms with E-state index in [1.54, 1.807) is 37.1 Å². The van der Waals surface area contributed by atoms with Crippen molar-refractivity contribution in [1.82, 2.24) is 0 Å². The number of ether oxygens (including phenoxy) is 1. The molecule has 19 heavy (non-hydrogen) atoms. The van der Waals surface area contributed by atoms with Crippen molar-refractivity contribution in [3.8, 4) is 5.75 Å². The van der Waals surface area contributed by atoms with E-state index < -0.39 is 12.2 Å². The number of aliphatic hydroxyl groups excluding tert-OH is 2. The topological polar surface area (TPSA) is 70.0 Å². The molecular formula is C14H19NO4. The normalized spacial score (nSPS) is 19.9. The molecule has 104 valence electrons. The highest BCUT2D eigenvalue weighted by molar-refractivity contribution is 5.99. The molecule has 0 radical (unpaired) electrons. The van der Waals surface area contributed by atoms with Crippen molar-refractivity contribution < 1.29 is 19.7 Å². The summed E-state index contributed by atoms with van der Waals surface area (Å²) in [6.07, 6.45) is -0.0898. The summed E-state index contributed by atoms with van der Waals surface area (Å²) in [6.45, 7) is 1.77. The molecule has 0 spiro atoms. The van der Waals surface area contributed by atoms with Gasteiger partial charge in [-0.3, -0.25) is 4.79 Å². The summed E-state index contributed by atoms with van der Waals surface area (Å²) in [7, 11) is 1.70. The molecular weight excluding hydrogens is 246 g/mol. The van der Waals surface area contributed by atoms with Gasteiger partial charge in [-0.15, -0.1) is 0 Å². The smallest absolute Gasteiger partial charge is 0.267 e. The minimum absolute atomic E-state index is 0.0566. The summed E-state index contributed by atoms with van der Waals surface area (Å²) in [6, 6.07) is 5.32. The average molecular weight is 265 g/mol. The van der Waals surface area contributed by atoms with E-state index in [1.165, 1.54) is 0 Å². The van der Waals surface area contributed by atoms with Crippen molar-refractivity contribution in [3.05, 3.63) is 23.8 Å². The van der Waals surface area contributed by atoms with E-state index in [0.717, 1.165) is 5.56 Å². The number of rotatable bonds is 4. The monoisotopic (exact) mass is 265 g/mol. The van der Waals surface area contributed by atoms with Crippen molar-refractivity contribution in [2.75, 3.05) is 18.6 Å². The first-order valence-corrected chi connectivity index (χ1v) is 6.41. The standard InChI is InChI=1S/C14H19NO4/c1-9-14(18)15(2)11-8-10(5-6-13(11)19-9)12(17)4-3-7-16/h5-6,8-9,12,16-17H,3-4,7H2,1-2H3. The molecule has 0 aliphatic carbocycles. The predicted octanol–water partition coefficient (Wildman–Crippen LogP) is 1.24. The van der Waals surface area contributed by atoms with Gasteiger partial charge in [-0.2, -0.15) is 0 Å². The Morgan fingerprint density at radius 2 is 2.21 bits per heavy atom. The van der Waals surface area contributed by atoms with Crippen LogP contribution in [-0.2, 0) is 4.79 Å². The molecule has 2 atom stereocenters. The van der Waals surface area contributed by atoms with Gasteiger partial charge in [0.25, 0.3) is 5.91 Å². The van der Waals surface area contributed by atoms with Crippen molar-refractivity contribution in [1.29, 1.82) is 0 Å². The summed E-state index contributed by atoms with van der Waals surface area (Å²) in [5.41, 5.74) is 1.40. The van der Waals surface area contributed by atoms with Crippen LogP contribution in [0.3, 0.4) is 0 Å². The third-order valence-corrected chi connectivity index (χ3v) is 3.35. The third-order valence-electron chi connectivity index (χ3n) is 3.35. The van der Waals surface area contributed by atoms with E-state index >= 15 is 0 Å². The molecule has 1 aliphatic heterocycles. The van der Waals surface area contributed by atoms with Gasteiger partial charge in [-0.25, -0.2) is 0 Å². The maximum atomic E-state index is 11.8. The van der Waals surface area contributed by atoms with Crippen LogP contribution in [0.4, 0.5) is 5.69 Å². The molecule has 0 fully saturated rings. The zero-order valence-electron chi connectivity index (χ0n) is 11.2. The van der Waals surface area contributed by atoms with Gasteiger partial charge < -0.3 is 19.8 Å². The molecule has 0 aromatic heterocycles.